The fourth-order valence-electron chi connectivity index (χ4n) is 4.51. The third-order valence-corrected chi connectivity index (χ3v) is 9.06. The van der Waals surface area contributed by atoms with Crippen LogP contribution in [0.15, 0.2) is 77.7 Å². The zero-order chi connectivity index (χ0) is 31.8. The summed E-state index contributed by atoms with van der Waals surface area (Å²) in [5.74, 6) is -1.19. The second-order valence-electron chi connectivity index (χ2n) is 10.0. The van der Waals surface area contributed by atoms with E-state index in [1.165, 1.54) is 29.2 Å². The number of carbonyl (C=O) groups is 2. The summed E-state index contributed by atoms with van der Waals surface area (Å²) in [6.45, 7) is 5.01. The number of nitrogens with one attached hydrogen (secondary N) is 1. The maximum atomic E-state index is 14.1. The molecule has 0 aliphatic rings. The topological polar surface area (TPSA) is 86.8 Å². The van der Waals surface area contributed by atoms with Crippen molar-refractivity contribution in [2.45, 2.75) is 63.7 Å². The van der Waals surface area contributed by atoms with Gasteiger partial charge >= 0.3 is 6.18 Å². The number of hydrogen-bond donors (Lipinski definition) is 1. The maximum absolute atomic E-state index is 14.1. The molecule has 0 aliphatic heterocycles. The third kappa shape index (κ3) is 8.51. The van der Waals surface area contributed by atoms with Crippen LogP contribution >= 0.6 is 11.6 Å². The first kappa shape index (κ1) is 33.9. The molecular formula is C31H35ClF3N3O4S. The van der Waals surface area contributed by atoms with Crippen LogP contribution in [0.3, 0.4) is 0 Å². The van der Waals surface area contributed by atoms with Crippen LogP contribution in [-0.2, 0) is 32.3 Å². The van der Waals surface area contributed by atoms with Gasteiger partial charge in [-0.1, -0.05) is 74.3 Å². The maximum Gasteiger partial charge on any atom is 0.416 e. The van der Waals surface area contributed by atoms with Gasteiger partial charge in [-0.2, -0.15) is 13.2 Å². The molecule has 3 aromatic rings. The summed E-state index contributed by atoms with van der Waals surface area (Å²) >= 11 is 6.30. The van der Waals surface area contributed by atoms with E-state index in [1.807, 2.05) is 26.0 Å². The number of anilines is 1. The Labute approximate surface area is 255 Å². The summed E-state index contributed by atoms with van der Waals surface area (Å²) in [5.41, 5.74) is -0.0717. The van der Waals surface area contributed by atoms with E-state index in [0.717, 1.165) is 36.1 Å². The number of alkyl halides is 3. The van der Waals surface area contributed by atoms with E-state index in [-0.39, 0.29) is 22.9 Å². The monoisotopic (exact) mass is 637 g/mol. The molecule has 0 bridgehead atoms. The van der Waals surface area contributed by atoms with Crippen LogP contribution in [0.25, 0.3) is 0 Å². The highest BCUT2D eigenvalue weighted by Crippen LogP contribution is 2.37. The first-order valence-electron chi connectivity index (χ1n) is 13.9. The van der Waals surface area contributed by atoms with Crippen molar-refractivity contribution >= 4 is 39.1 Å². The van der Waals surface area contributed by atoms with Gasteiger partial charge < -0.3 is 10.2 Å². The molecule has 0 heterocycles. The first-order chi connectivity index (χ1) is 20.3. The molecule has 1 N–H and O–H groups in total. The number of sulfonamides is 1. The molecule has 3 aromatic carbocycles. The van der Waals surface area contributed by atoms with Gasteiger partial charge in [0.15, 0.2) is 0 Å². The van der Waals surface area contributed by atoms with E-state index in [2.05, 4.69) is 5.32 Å². The predicted octanol–water partition coefficient (Wildman–Crippen LogP) is 6.59. The van der Waals surface area contributed by atoms with Gasteiger partial charge in [-0.3, -0.25) is 13.9 Å². The van der Waals surface area contributed by atoms with E-state index in [4.69, 9.17) is 11.6 Å². The van der Waals surface area contributed by atoms with Gasteiger partial charge in [0, 0.05) is 13.1 Å². The van der Waals surface area contributed by atoms with Crippen LogP contribution in [0.4, 0.5) is 18.9 Å². The first-order valence-corrected chi connectivity index (χ1v) is 15.7. The molecule has 0 saturated heterocycles. The average molecular weight is 638 g/mol. The highest BCUT2D eigenvalue weighted by atomic mass is 35.5. The number of halogens is 4. The van der Waals surface area contributed by atoms with Crippen LogP contribution in [0.2, 0.25) is 5.02 Å². The van der Waals surface area contributed by atoms with Crippen LogP contribution in [0, 0.1) is 6.92 Å². The summed E-state index contributed by atoms with van der Waals surface area (Å²) in [7, 11) is -4.59. The lowest BCUT2D eigenvalue weighted by atomic mass is 10.1. The molecule has 0 radical (unpaired) electrons. The summed E-state index contributed by atoms with van der Waals surface area (Å²) in [6, 6.07) is 15.6. The number of benzene rings is 3. The summed E-state index contributed by atoms with van der Waals surface area (Å²) < 4.78 is 69.5. The van der Waals surface area contributed by atoms with Crippen molar-refractivity contribution in [3.8, 4) is 0 Å². The smallest absolute Gasteiger partial charge is 0.354 e. The highest BCUT2D eigenvalue weighted by Gasteiger charge is 2.37. The number of unbranched alkanes of at least 4 members (excludes halogenated alkanes) is 1. The molecule has 232 valence electrons. The Balaban J connectivity index is 2.14. The van der Waals surface area contributed by atoms with Crippen LogP contribution in [0.1, 0.15) is 49.8 Å². The molecule has 0 unspecified atom stereocenters. The molecule has 0 aliphatic carbocycles. The number of aryl methyl sites for hydroxylation is 1. The van der Waals surface area contributed by atoms with Crippen LogP contribution in [-0.4, -0.2) is 44.3 Å². The molecule has 3 rings (SSSR count). The van der Waals surface area contributed by atoms with Crippen molar-refractivity contribution in [1.82, 2.24) is 10.2 Å². The second kappa shape index (κ2) is 14.7. The summed E-state index contributed by atoms with van der Waals surface area (Å²) in [5, 5.41) is 2.54. The van der Waals surface area contributed by atoms with Crippen molar-refractivity contribution in [2.24, 2.45) is 0 Å². The Morgan fingerprint density at radius 1 is 0.977 bits per heavy atom. The molecule has 7 nitrogen and oxygen atoms in total. The molecule has 0 spiro atoms. The molecule has 0 saturated carbocycles. The number of hydrogen-bond acceptors (Lipinski definition) is 4. The van der Waals surface area contributed by atoms with E-state index < -0.39 is 51.9 Å². The average Bonchev–Trinajstić information content (AvgIpc) is 2.97. The van der Waals surface area contributed by atoms with Gasteiger partial charge in [0.1, 0.15) is 12.6 Å². The highest BCUT2D eigenvalue weighted by molar-refractivity contribution is 7.92. The predicted molar refractivity (Wildman–Crippen MR) is 161 cm³/mol. The molecule has 12 heteroatoms. The minimum atomic E-state index is -4.80. The molecule has 43 heavy (non-hydrogen) atoms. The van der Waals surface area contributed by atoms with Crippen molar-refractivity contribution in [1.29, 1.82) is 0 Å². The fraction of sp³-hybridized carbons (Fsp3) is 0.355. The van der Waals surface area contributed by atoms with E-state index >= 15 is 0 Å². The minimum Gasteiger partial charge on any atom is -0.354 e. The fourth-order valence-corrected chi connectivity index (χ4v) is 6.23. The molecule has 1 atom stereocenters. The van der Waals surface area contributed by atoms with Gasteiger partial charge in [-0.15, -0.1) is 0 Å². The van der Waals surface area contributed by atoms with E-state index in [1.54, 1.807) is 25.1 Å². The standard InChI is InChI=1S/C31H35ClF3N3O4S/c1-4-6-18-36-30(40)27(5-2)37(20-23-13-11-10-12-22(23)3)29(39)21-38(43(41,42)25-14-8-7-9-15-25)28-19-24(31(33,34)35)16-17-26(28)32/h7-17,19,27H,4-6,18,20-21H2,1-3H3,(H,36,40)/t27-/m1/s1. The van der Waals surface area contributed by atoms with Crippen LogP contribution < -0.4 is 9.62 Å². The number of nitrogens with zero attached hydrogens (tertiary/aromatic N) is 2. The number of rotatable bonds is 13. The molecule has 2 amide bonds. The number of carbonyl (C=O) groups excluding carboxylic acids is 2. The minimum absolute atomic E-state index is 0.0270. The van der Waals surface area contributed by atoms with E-state index in [9.17, 15) is 31.2 Å². The Morgan fingerprint density at radius 2 is 1.63 bits per heavy atom. The molecule has 0 aromatic heterocycles. The van der Waals surface area contributed by atoms with Crippen molar-refractivity contribution in [3.63, 3.8) is 0 Å². The SMILES string of the molecule is CCCCNC(=O)[C@@H](CC)N(Cc1ccccc1C)C(=O)CN(c1cc(C(F)(F)F)ccc1Cl)S(=O)(=O)c1ccccc1. The normalized spacial score (nSPS) is 12.4. The Hall–Kier alpha value is -3.57. The van der Waals surface area contributed by atoms with Gasteiger partial charge in [0.05, 0.1) is 21.2 Å². The largest absolute Gasteiger partial charge is 0.416 e. The van der Waals surface area contributed by atoms with Gasteiger partial charge in [-0.25, -0.2) is 8.42 Å². The zero-order valence-electron chi connectivity index (χ0n) is 24.2. The van der Waals surface area contributed by atoms with Crippen molar-refractivity contribution < 1.29 is 31.2 Å². The molecule has 0 fully saturated rings. The Kier molecular flexibility index (Phi) is 11.6. The van der Waals surface area contributed by atoms with Gasteiger partial charge in [-0.05, 0) is 61.2 Å². The zero-order valence-corrected chi connectivity index (χ0v) is 25.8. The second-order valence-corrected chi connectivity index (χ2v) is 12.3. The van der Waals surface area contributed by atoms with Gasteiger partial charge in [0.2, 0.25) is 11.8 Å². The van der Waals surface area contributed by atoms with E-state index in [0.29, 0.717) is 16.9 Å². The lowest BCUT2D eigenvalue weighted by Crippen LogP contribution is -2.52. The Bertz CT molecular complexity index is 1520. The summed E-state index contributed by atoms with van der Waals surface area (Å²) in [4.78, 5) is 28.4. The number of amides is 2. The van der Waals surface area contributed by atoms with Crippen molar-refractivity contribution in [3.05, 3.63) is 94.5 Å². The van der Waals surface area contributed by atoms with Crippen molar-refractivity contribution in [2.75, 3.05) is 17.4 Å². The molecular weight excluding hydrogens is 603 g/mol. The Morgan fingerprint density at radius 3 is 2.23 bits per heavy atom. The van der Waals surface area contributed by atoms with Crippen LogP contribution in [0.5, 0.6) is 0 Å². The quantitative estimate of drug-likeness (QED) is 0.214. The van der Waals surface area contributed by atoms with Gasteiger partial charge in [0.25, 0.3) is 10.0 Å². The lowest BCUT2D eigenvalue weighted by Gasteiger charge is -2.34. The lowest BCUT2D eigenvalue weighted by molar-refractivity contribution is -0.140. The summed E-state index contributed by atoms with van der Waals surface area (Å²) in [6.07, 6.45) is -3.02. The third-order valence-electron chi connectivity index (χ3n) is 6.97.